The Hall–Kier alpha value is -7.42. The van der Waals surface area contributed by atoms with Crippen LogP contribution in [0.15, 0.2) is 188 Å². The van der Waals surface area contributed by atoms with Crippen molar-refractivity contribution < 1.29 is 4.74 Å². The number of rotatable bonds is 4. The highest BCUT2D eigenvalue weighted by atomic mass is 16.5. The van der Waals surface area contributed by atoms with Crippen molar-refractivity contribution >= 4 is 17.1 Å². The van der Waals surface area contributed by atoms with Crippen molar-refractivity contribution in [1.29, 1.82) is 0 Å². The van der Waals surface area contributed by atoms with E-state index in [1.165, 1.54) is 89.0 Å². The molecule has 0 bridgehead atoms. The zero-order valence-electron chi connectivity index (χ0n) is 42.8. The van der Waals surface area contributed by atoms with Crippen LogP contribution in [0.5, 0.6) is 11.5 Å². The molecular formula is C69H61NO. The van der Waals surface area contributed by atoms with Gasteiger partial charge in [-0.1, -0.05) is 209 Å². The number of fused-ring (bicyclic) bond motifs is 15. The molecule has 0 saturated heterocycles. The fourth-order valence-corrected chi connectivity index (χ4v) is 13.0. The summed E-state index contributed by atoms with van der Waals surface area (Å²) in [5, 5.41) is 0. The molecule has 13 rings (SSSR count). The number of hydrogen-bond donors (Lipinski definition) is 0. The largest absolute Gasteiger partial charge is 0.457 e. The van der Waals surface area contributed by atoms with Crippen molar-refractivity contribution in [3.8, 4) is 56.0 Å². The molecule has 1 heterocycles. The second-order valence-corrected chi connectivity index (χ2v) is 23.7. The van der Waals surface area contributed by atoms with Crippen LogP contribution in [0.25, 0.3) is 44.5 Å². The standard InChI is InChI=1S/C69H61NO/c1-65(2,3)43-28-32-52-53-33-29-44(66(4,5)6)39-60(53)69(59(52)38-43)56-24-16-18-26-63(56)71-64-36-27-42(37-61(64)69)47-19-13-17-25-62(47)70(45-30-34-50-48-20-11-14-22-54(48)67(7,8)57(50)40-45)46-31-35-51-49-21-12-15-23-55(49)68(9,10)58(51)41-46/h11-41H,1-10H3. The van der Waals surface area contributed by atoms with Gasteiger partial charge in [0.2, 0.25) is 0 Å². The molecule has 1 spiro atoms. The first kappa shape index (κ1) is 43.6. The van der Waals surface area contributed by atoms with E-state index in [4.69, 9.17) is 4.74 Å². The topological polar surface area (TPSA) is 12.5 Å². The zero-order valence-corrected chi connectivity index (χ0v) is 42.8. The van der Waals surface area contributed by atoms with Gasteiger partial charge in [-0.05, 0) is 143 Å². The van der Waals surface area contributed by atoms with Crippen LogP contribution in [0.4, 0.5) is 17.1 Å². The summed E-state index contributed by atoms with van der Waals surface area (Å²) in [6, 6.07) is 71.6. The van der Waals surface area contributed by atoms with Crippen LogP contribution in [-0.2, 0) is 27.1 Å². The predicted octanol–water partition coefficient (Wildman–Crippen LogP) is 18.5. The maximum Gasteiger partial charge on any atom is 0.132 e. The average molecular weight is 920 g/mol. The van der Waals surface area contributed by atoms with E-state index >= 15 is 0 Å². The van der Waals surface area contributed by atoms with E-state index in [9.17, 15) is 0 Å². The van der Waals surface area contributed by atoms with Gasteiger partial charge in [0.15, 0.2) is 0 Å². The molecule has 2 heteroatoms. The summed E-state index contributed by atoms with van der Waals surface area (Å²) in [6.07, 6.45) is 0. The summed E-state index contributed by atoms with van der Waals surface area (Å²) in [6.45, 7) is 23.5. The summed E-state index contributed by atoms with van der Waals surface area (Å²) in [7, 11) is 0. The molecule has 4 aliphatic rings. The third-order valence-electron chi connectivity index (χ3n) is 16.9. The molecule has 9 aromatic carbocycles. The molecular weight excluding hydrogens is 859 g/mol. The highest BCUT2D eigenvalue weighted by molar-refractivity contribution is 5.94. The molecule has 2 nitrogen and oxygen atoms in total. The SMILES string of the molecule is CC(C)(C)c1ccc2c(c1)C1(c3ccccc3Oc3ccc(-c4ccccc4N(c4ccc5c(c4)C(C)(C)c4ccccc4-5)c4ccc5c(c4)C(C)(C)c4ccccc4-5)cc31)c1cc(C(C)(C)C)ccc1-2. The number of anilines is 3. The molecule has 1 aliphatic heterocycles. The second-order valence-electron chi connectivity index (χ2n) is 23.7. The Morgan fingerprint density at radius 3 is 1.30 bits per heavy atom. The highest BCUT2D eigenvalue weighted by Crippen LogP contribution is 2.64. The van der Waals surface area contributed by atoms with Crippen LogP contribution in [0.1, 0.15) is 125 Å². The van der Waals surface area contributed by atoms with Crippen molar-refractivity contribution in [2.24, 2.45) is 0 Å². The fraction of sp³-hybridized carbons (Fsp3) is 0.217. The second kappa shape index (κ2) is 14.8. The summed E-state index contributed by atoms with van der Waals surface area (Å²) in [4.78, 5) is 2.53. The van der Waals surface area contributed by atoms with Gasteiger partial charge in [-0.3, -0.25) is 0 Å². The lowest BCUT2D eigenvalue weighted by Crippen LogP contribution is -2.33. The van der Waals surface area contributed by atoms with Crippen LogP contribution in [-0.4, -0.2) is 0 Å². The minimum atomic E-state index is -0.636. The molecule has 0 atom stereocenters. The molecule has 0 fully saturated rings. The lowest BCUT2D eigenvalue weighted by atomic mass is 9.64. The summed E-state index contributed by atoms with van der Waals surface area (Å²) in [5.74, 6) is 1.80. The molecule has 0 unspecified atom stereocenters. The average Bonchev–Trinajstić information content (AvgIpc) is 3.88. The third-order valence-corrected chi connectivity index (χ3v) is 16.9. The van der Waals surface area contributed by atoms with E-state index in [-0.39, 0.29) is 21.7 Å². The van der Waals surface area contributed by atoms with Gasteiger partial charge in [0.1, 0.15) is 11.5 Å². The monoisotopic (exact) mass is 919 g/mol. The van der Waals surface area contributed by atoms with Gasteiger partial charge in [0.05, 0.1) is 11.1 Å². The number of hydrogen-bond acceptors (Lipinski definition) is 2. The van der Waals surface area contributed by atoms with E-state index in [1.54, 1.807) is 0 Å². The Bertz CT molecular complexity index is 3550. The van der Waals surface area contributed by atoms with Crippen LogP contribution >= 0.6 is 0 Å². The van der Waals surface area contributed by atoms with Crippen LogP contribution in [0.2, 0.25) is 0 Å². The first-order valence-corrected chi connectivity index (χ1v) is 25.6. The van der Waals surface area contributed by atoms with E-state index in [0.29, 0.717) is 0 Å². The van der Waals surface area contributed by atoms with Gasteiger partial charge in [0, 0.05) is 38.9 Å². The minimum absolute atomic E-state index is 0.0511. The van der Waals surface area contributed by atoms with Crippen LogP contribution < -0.4 is 9.64 Å². The lowest BCUT2D eigenvalue weighted by molar-refractivity contribution is 0.436. The number of nitrogens with zero attached hydrogens (tertiary/aromatic N) is 1. The van der Waals surface area contributed by atoms with Crippen molar-refractivity contribution in [2.45, 2.75) is 96.3 Å². The van der Waals surface area contributed by atoms with E-state index in [1.807, 2.05) is 0 Å². The normalized spacial score (nSPS) is 15.6. The van der Waals surface area contributed by atoms with Crippen molar-refractivity contribution in [3.63, 3.8) is 0 Å². The van der Waals surface area contributed by atoms with E-state index < -0.39 is 5.41 Å². The number of ether oxygens (including phenoxy) is 1. The molecule has 9 aromatic rings. The van der Waals surface area contributed by atoms with Crippen LogP contribution in [0, 0.1) is 0 Å². The summed E-state index contributed by atoms with van der Waals surface area (Å²) >= 11 is 0. The van der Waals surface area contributed by atoms with E-state index in [2.05, 4.69) is 262 Å². The minimum Gasteiger partial charge on any atom is -0.457 e. The lowest BCUT2D eigenvalue weighted by Gasteiger charge is -2.40. The molecule has 0 N–H and O–H groups in total. The molecule has 0 amide bonds. The fourth-order valence-electron chi connectivity index (χ4n) is 13.0. The zero-order chi connectivity index (χ0) is 49.0. The first-order chi connectivity index (χ1) is 34.0. The predicted molar refractivity (Wildman–Crippen MR) is 296 cm³/mol. The quantitative estimate of drug-likeness (QED) is 0.174. The Labute approximate surface area is 420 Å². The molecule has 3 aliphatic carbocycles. The Morgan fingerprint density at radius 1 is 0.338 bits per heavy atom. The van der Waals surface area contributed by atoms with Crippen molar-refractivity contribution in [1.82, 2.24) is 0 Å². The van der Waals surface area contributed by atoms with Gasteiger partial charge < -0.3 is 9.64 Å². The Kier molecular flexibility index (Phi) is 9.09. The van der Waals surface area contributed by atoms with Gasteiger partial charge in [-0.25, -0.2) is 0 Å². The highest BCUT2D eigenvalue weighted by Gasteiger charge is 2.52. The van der Waals surface area contributed by atoms with Gasteiger partial charge in [0.25, 0.3) is 0 Å². The number of benzene rings is 9. The van der Waals surface area contributed by atoms with Crippen molar-refractivity contribution in [2.75, 3.05) is 4.90 Å². The molecule has 348 valence electrons. The molecule has 71 heavy (non-hydrogen) atoms. The Balaban J connectivity index is 1.06. The van der Waals surface area contributed by atoms with Crippen LogP contribution in [0.3, 0.4) is 0 Å². The first-order valence-electron chi connectivity index (χ1n) is 25.6. The van der Waals surface area contributed by atoms with E-state index in [0.717, 1.165) is 39.7 Å². The maximum atomic E-state index is 7.06. The number of para-hydroxylation sites is 2. The maximum absolute atomic E-state index is 7.06. The van der Waals surface area contributed by atoms with Crippen molar-refractivity contribution in [3.05, 3.63) is 244 Å². The van der Waals surface area contributed by atoms with Gasteiger partial charge in [-0.2, -0.15) is 0 Å². The molecule has 0 radical (unpaired) electrons. The summed E-state index contributed by atoms with van der Waals surface area (Å²) in [5.41, 5.74) is 25.6. The molecule has 0 aromatic heterocycles. The van der Waals surface area contributed by atoms with Gasteiger partial charge >= 0.3 is 0 Å². The smallest absolute Gasteiger partial charge is 0.132 e. The third kappa shape index (κ3) is 6.13. The summed E-state index contributed by atoms with van der Waals surface area (Å²) < 4.78 is 7.06. The van der Waals surface area contributed by atoms with Gasteiger partial charge in [-0.15, -0.1) is 0 Å². The molecule has 0 saturated carbocycles. The Morgan fingerprint density at radius 2 is 0.761 bits per heavy atom.